The molecule has 1 aliphatic rings. The fourth-order valence-electron chi connectivity index (χ4n) is 3.18. The molecule has 5 heteroatoms. The lowest BCUT2D eigenvalue weighted by Gasteiger charge is -2.25. The van der Waals surface area contributed by atoms with Crippen LogP contribution in [0.2, 0.25) is 0 Å². The van der Waals surface area contributed by atoms with Gasteiger partial charge in [0.25, 0.3) is 0 Å². The number of rotatable bonds is 10. The van der Waals surface area contributed by atoms with Crippen molar-refractivity contribution < 1.29 is 19.0 Å². The van der Waals surface area contributed by atoms with E-state index in [1.165, 1.54) is 0 Å². The Bertz CT molecular complexity index is 641. The molecule has 0 aromatic heterocycles. The number of piperidine rings is 1. The van der Waals surface area contributed by atoms with Gasteiger partial charge in [-0.25, -0.2) is 0 Å². The Morgan fingerprint density at radius 3 is 1.96 bits per heavy atom. The molecule has 1 heterocycles. The zero-order chi connectivity index (χ0) is 19.4. The third-order valence-electron chi connectivity index (χ3n) is 4.71. The molecule has 0 spiro atoms. The van der Waals surface area contributed by atoms with Gasteiger partial charge in [0.2, 0.25) is 0 Å². The van der Waals surface area contributed by atoms with Gasteiger partial charge in [-0.05, 0) is 30.5 Å². The second kappa shape index (κ2) is 11.6. The predicted octanol–water partition coefficient (Wildman–Crippen LogP) is 3.47. The molecule has 1 unspecified atom stereocenters. The first-order chi connectivity index (χ1) is 13.8. The molecule has 1 aliphatic heterocycles. The highest BCUT2D eigenvalue weighted by Gasteiger charge is 2.25. The Kier molecular flexibility index (Phi) is 8.50. The highest BCUT2D eigenvalue weighted by Crippen LogP contribution is 2.11. The lowest BCUT2D eigenvalue weighted by atomic mass is 10.1. The molecule has 0 amide bonds. The van der Waals surface area contributed by atoms with Gasteiger partial charge >= 0.3 is 5.97 Å². The summed E-state index contributed by atoms with van der Waals surface area (Å²) in [6.45, 7) is 2.44. The Morgan fingerprint density at radius 1 is 0.893 bits per heavy atom. The number of nitrogens with one attached hydrogen (secondary N) is 1. The fourth-order valence-corrected chi connectivity index (χ4v) is 3.18. The highest BCUT2D eigenvalue weighted by atomic mass is 16.6. The van der Waals surface area contributed by atoms with Gasteiger partial charge in [-0.1, -0.05) is 67.1 Å². The maximum absolute atomic E-state index is 12.5. The van der Waals surface area contributed by atoms with Crippen LogP contribution in [0.5, 0.6) is 0 Å². The second-order valence-electron chi connectivity index (χ2n) is 7.06. The average molecular weight is 383 g/mol. The van der Waals surface area contributed by atoms with Crippen molar-refractivity contribution in [3.63, 3.8) is 0 Å². The van der Waals surface area contributed by atoms with Gasteiger partial charge in [0.05, 0.1) is 26.4 Å². The van der Waals surface area contributed by atoms with Gasteiger partial charge in [0.1, 0.15) is 12.1 Å². The monoisotopic (exact) mass is 383 g/mol. The minimum Gasteiger partial charge on any atom is -0.456 e. The normalized spacial score (nSPS) is 16.8. The molecule has 0 aliphatic carbocycles. The standard InChI is InChI=1S/C23H29NO4/c25-23(22-13-7-8-14-24-22)28-21(17-26-15-19-9-3-1-4-10-19)18-27-16-20-11-5-2-6-12-20/h1-6,9-12,21-22,24H,7-8,13-18H2. The summed E-state index contributed by atoms with van der Waals surface area (Å²) in [4.78, 5) is 12.5. The number of carbonyl (C=O) groups is 1. The van der Waals surface area contributed by atoms with Gasteiger partial charge in [0.15, 0.2) is 0 Å². The molecule has 2 aromatic rings. The number of esters is 1. The molecule has 1 N–H and O–H groups in total. The van der Waals surface area contributed by atoms with Crippen molar-refractivity contribution >= 4 is 5.97 Å². The van der Waals surface area contributed by atoms with Crippen LogP contribution in [0.1, 0.15) is 30.4 Å². The summed E-state index contributed by atoms with van der Waals surface area (Å²) in [7, 11) is 0. The quantitative estimate of drug-likeness (QED) is 0.637. The van der Waals surface area contributed by atoms with E-state index in [-0.39, 0.29) is 12.0 Å². The lowest BCUT2D eigenvalue weighted by Crippen LogP contribution is -2.44. The average Bonchev–Trinajstić information content (AvgIpc) is 2.75. The Labute approximate surface area is 167 Å². The Hall–Kier alpha value is -2.21. The molecule has 0 saturated carbocycles. The Balaban J connectivity index is 1.49. The van der Waals surface area contributed by atoms with Crippen LogP contribution < -0.4 is 5.32 Å². The molecular weight excluding hydrogens is 354 g/mol. The van der Waals surface area contributed by atoms with Crippen LogP contribution >= 0.6 is 0 Å². The van der Waals surface area contributed by atoms with Crippen molar-refractivity contribution in [2.75, 3.05) is 19.8 Å². The predicted molar refractivity (Wildman–Crippen MR) is 108 cm³/mol. The summed E-state index contributed by atoms with van der Waals surface area (Å²) in [6.07, 6.45) is 2.55. The molecule has 1 fully saturated rings. The molecule has 3 rings (SSSR count). The van der Waals surface area contributed by atoms with E-state index < -0.39 is 6.10 Å². The topological polar surface area (TPSA) is 56.8 Å². The van der Waals surface area contributed by atoms with Gasteiger partial charge in [-0.3, -0.25) is 4.79 Å². The summed E-state index contributed by atoms with van der Waals surface area (Å²) in [5.74, 6) is -0.212. The van der Waals surface area contributed by atoms with E-state index in [0.717, 1.165) is 36.9 Å². The summed E-state index contributed by atoms with van der Waals surface area (Å²) in [5, 5.41) is 3.23. The van der Waals surface area contributed by atoms with E-state index in [0.29, 0.717) is 26.4 Å². The van der Waals surface area contributed by atoms with Crippen LogP contribution in [-0.4, -0.2) is 37.9 Å². The highest BCUT2D eigenvalue weighted by molar-refractivity contribution is 5.76. The van der Waals surface area contributed by atoms with E-state index in [1.54, 1.807) is 0 Å². The first-order valence-electron chi connectivity index (χ1n) is 9.98. The third kappa shape index (κ3) is 7.08. The largest absolute Gasteiger partial charge is 0.456 e. The van der Waals surface area contributed by atoms with Crippen molar-refractivity contribution in [3.05, 3.63) is 71.8 Å². The van der Waals surface area contributed by atoms with E-state index >= 15 is 0 Å². The fraction of sp³-hybridized carbons (Fsp3) is 0.435. The molecule has 1 saturated heterocycles. The number of hydrogen-bond acceptors (Lipinski definition) is 5. The van der Waals surface area contributed by atoms with Crippen molar-refractivity contribution in [1.29, 1.82) is 0 Å². The zero-order valence-corrected chi connectivity index (χ0v) is 16.2. The zero-order valence-electron chi connectivity index (χ0n) is 16.2. The van der Waals surface area contributed by atoms with Gasteiger partial charge in [-0.15, -0.1) is 0 Å². The van der Waals surface area contributed by atoms with Gasteiger partial charge in [0, 0.05) is 0 Å². The smallest absolute Gasteiger partial charge is 0.323 e. The van der Waals surface area contributed by atoms with Crippen LogP contribution in [0.25, 0.3) is 0 Å². The van der Waals surface area contributed by atoms with Gasteiger partial charge in [-0.2, -0.15) is 0 Å². The molecule has 150 valence electrons. The van der Waals surface area contributed by atoms with Crippen LogP contribution in [0.3, 0.4) is 0 Å². The van der Waals surface area contributed by atoms with Gasteiger partial charge < -0.3 is 19.5 Å². The van der Waals surface area contributed by atoms with E-state index in [1.807, 2.05) is 60.7 Å². The summed E-state index contributed by atoms with van der Waals surface area (Å²) >= 11 is 0. The van der Waals surface area contributed by atoms with Crippen molar-refractivity contribution in [2.24, 2.45) is 0 Å². The van der Waals surface area contributed by atoms with Crippen LogP contribution in [0, 0.1) is 0 Å². The summed E-state index contributed by atoms with van der Waals surface area (Å²) < 4.78 is 17.3. The molecular formula is C23H29NO4. The number of ether oxygens (including phenoxy) is 3. The summed E-state index contributed by atoms with van der Waals surface area (Å²) in [6, 6.07) is 19.7. The molecule has 28 heavy (non-hydrogen) atoms. The van der Waals surface area contributed by atoms with E-state index in [2.05, 4.69) is 5.32 Å². The molecule has 0 radical (unpaired) electrons. The van der Waals surface area contributed by atoms with Crippen molar-refractivity contribution in [1.82, 2.24) is 5.32 Å². The number of carbonyl (C=O) groups excluding carboxylic acids is 1. The first-order valence-corrected chi connectivity index (χ1v) is 9.98. The van der Waals surface area contributed by atoms with E-state index in [9.17, 15) is 4.79 Å². The maximum Gasteiger partial charge on any atom is 0.323 e. The van der Waals surface area contributed by atoms with Crippen molar-refractivity contribution in [2.45, 2.75) is 44.6 Å². The summed E-state index contributed by atoms with van der Waals surface area (Å²) in [5.41, 5.74) is 2.18. The molecule has 0 bridgehead atoms. The van der Waals surface area contributed by atoms with Crippen molar-refractivity contribution in [3.8, 4) is 0 Å². The maximum atomic E-state index is 12.5. The minimum absolute atomic E-state index is 0.212. The minimum atomic E-state index is -0.427. The Morgan fingerprint density at radius 2 is 1.46 bits per heavy atom. The van der Waals surface area contributed by atoms with Crippen LogP contribution in [-0.2, 0) is 32.2 Å². The number of benzene rings is 2. The molecule has 2 aromatic carbocycles. The first kappa shape index (κ1) is 20.5. The molecule has 1 atom stereocenters. The number of hydrogen-bond donors (Lipinski definition) is 1. The van der Waals surface area contributed by atoms with E-state index in [4.69, 9.17) is 14.2 Å². The third-order valence-corrected chi connectivity index (χ3v) is 4.71. The molecule has 5 nitrogen and oxygen atoms in total. The second-order valence-corrected chi connectivity index (χ2v) is 7.06. The van der Waals surface area contributed by atoms with Crippen LogP contribution in [0.15, 0.2) is 60.7 Å². The lowest BCUT2D eigenvalue weighted by molar-refractivity contribution is -0.160. The van der Waals surface area contributed by atoms with Crippen LogP contribution in [0.4, 0.5) is 0 Å². The SMILES string of the molecule is O=C(OC(COCc1ccccc1)COCc1ccccc1)C1CCCCN1.